The minimum Gasteiger partial charge on any atom is -0.484 e. The van der Waals surface area contributed by atoms with E-state index in [9.17, 15) is 14.4 Å². The lowest BCUT2D eigenvalue weighted by molar-refractivity contribution is -0.120. The minimum atomic E-state index is -0.285. The van der Waals surface area contributed by atoms with E-state index in [0.29, 0.717) is 41.4 Å². The first-order chi connectivity index (χ1) is 18.4. The van der Waals surface area contributed by atoms with Crippen molar-refractivity contribution in [2.24, 2.45) is 0 Å². The number of nitrogens with one attached hydrogen (secondary N) is 1. The van der Waals surface area contributed by atoms with Crippen LogP contribution in [-0.2, 0) is 22.4 Å². The Kier molecular flexibility index (Phi) is 6.83. The van der Waals surface area contributed by atoms with E-state index in [1.807, 2.05) is 37.3 Å². The summed E-state index contributed by atoms with van der Waals surface area (Å²) in [5.41, 5.74) is 4.37. The van der Waals surface area contributed by atoms with Gasteiger partial charge in [-0.05, 0) is 60.9 Å². The molecular formula is C29H29N5O4. The molecule has 5 rings (SSSR count). The quantitative estimate of drug-likeness (QED) is 0.403. The second-order valence-electron chi connectivity index (χ2n) is 9.15. The summed E-state index contributed by atoms with van der Waals surface area (Å²) in [5.74, 6) is 0.695. The van der Waals surface area contributed by atoms with Gasteiger partial charge in [0.2, 0.25) is 5.91 Å². The highest BCUT2D eigenvalue weighted by atomic mass is 16.5. The van der Waals surface area contributed by atoms with Gasteiger partial charge in [-0.1, -0.05) is 25.1 Å². The van der Waals surface area contributed by atoms with Gasteiger partial charge in [0.15, 0.2) is 6.61 Å². The van der Waals surface area contributed by atoms with E-state index in [0.717, 1.165) is 23.4 Å². The number of ether oxygens (including phenoxy) is 1. The van der Waals surface area contributed by atoms with Crippen molar-refractivity contribution in [2.45, 2.75) is 26.7 Å². The lowest BCUT2D eigenvalue weighted by Crippen LogP contribution is -2.33. The predicted octanol–water partition coefficient (Wildman–Crippen LogP) is 4.10. The van der Waals surface area contributed by atoms with Crippen molar-refractivity contribution in [3.05, 3.63) is 83.7 Å². The number of para-hydroxylation sites is 1. The fourth-order valence-electron chi connectivity index (χ4n) is 4.69. The Labute approximate surface area is 220 Å². The first kappa shape index (κ1) is 25.0. The third kappa shape index (κ3) is 4.82. The maximum Gasteiger partial charge on any atom is 0.265 e. The van der Waals surface area contributed by atoms with Gasteiger partial charge in [0, 0.05) is 38.1 Å². The molecule has 38 heavy (non-hydrogen) atoms. The molecule has 9 heteroatoms. The van der Waals surface area contributed by atoms with Crippen molar-refractivity contribution in [2.75, 3.05) is 35.3 Å². The van der Waals surface area contributed by atoms with Crippen molar-refractivity contribution in [3.63, 3.8) is 0 Å². The molecule has 3 amide bonds. The van der Waals surface area contributed by atoms with Crippen molar-refractivity contribution in [3.8, 4) is 5.75 Å². The molecule has 3 heterocycles. The zero-order valence-electron chi connectivity index (χ0n) is 21.6. The number of amides is 3. The molecule has 0 saturated heterocycles. The van der Waals surface area contributed by atoms with Crippen LogP contribution < -0.4 is 19.9 Å². The molecule has 0 radical (unpaired) electrons. The molecule has 2 aromatic heterocycles. The largest absolute Gasteiger partial charge is 0.484 e. The van der Waals surface area contributed by atoms with E-state index in [1.54, 1.807) is 59.8 Å². The summed E-state index contributed by atoms with van der Waals surface area (Å²) in [6, 6.07) is 18.2. The number of anilines is 3. The van der Waals surface area contributed by atoms with Crippen LogP contribution >= 0.6 is 0 Å². The highest BCUT2D eigenvalue weighted by Gasteiger charge is 2.24. The first-order valence-corrected chi connectivity index (χ1v) is 12.5. The molecule has 1 aliphatic rings. The molecule has 9 nitrogen and oxygen atoms in total. The maximum atomic E-state index is 13.2. The fraction of sp³-hybridized carbons (Fsp3) is 0.241. The Bertz CT molecular complexity index is 1530. The average molecular weight is 512 g/mol. The minimum absolute atomic E-state index is 0.00602. The van der Waals surface area contributed by atoms with Gasteiger partial charge in [-0.15, -0.1) is 0 Å². The average Bonchev–Trinajstić information content (AvgIpc) is 3.52. The number of likely N-dealkylation sites (N-methyl/N-ethyl adjacent to an activating group) is 1. The summed E-state index contributed by atoms with van der Waals surface area (Å²) >= 11 is 0. The second kappa shape index (κ2) is 10.4. The number of fused-ring (bicyclic) bond motifs is 2. The van der Waals surface area contributed by atoms with Gasteiger partial charge in [0.1, 0.15) is 17.2 Å². The van der Waals surface area contributed by atoms with Gasteiger partial charge in [-0.2, -0.15) is 0 Å². The third-order valence-corrected chi connectivity index (χ3v) is 6.67. The van der Waals surface area contributed by atoms with Crippen LogP contribution in [0.5, 0.6) is 5.75 Å². The number of aryl methyl sites for hydroxylation is 1. The monoisotopic (exact) mass is 511 g/mol. The van der Waals surface area contributed by atoms with Crippen molar-refractivity contribution < 1.29 is 19.1 Å². The van der Waals surface area contributed by atoms with Crippen LogP contribution in [0, 0.1) is 0 Å². The number of carbonyl (C=O) groups excluding carboxylic acids is 3. The number of hydrogen-bond acceptors (Lipinski definition) is 5. The van der Waals surface area contributed by atoms with Crippen molar-refractivity contribution in [1.29, 1.82) is 0 Å². The third-order valence-electron chi connectivity index (χ3n) is 6.67. The molecule has 0 bridgehead atoms. The van der Waals surface area contributed by atoms with E-state index in [-0.39, 0.29) is 24.3 Å². The SMILES string of the molecule is CCc1nc2ccc(C(=O)Nc3ccc4c(c3)CCN4C(C)=O)cn2c1N(C)C(=O)COc1ccccc1. The standard InChI is InChI=1S/C29H29N5O4/c1-4-24-29(32(3)27(36)18-38-23-8-6-5-7-9-23)34-17-21(10-13-26(34)31-24)28(37)30-22-11-12-25-20(16-22)14-15-33(25)19(2)35/h5-13,16-17H,4,14-15,18H2,1-3H3,(H,30,37). The zero-order valence-corrected chi connectivity index (χ0v) is 21.6. The Hall–Kier alpha value is -4.66. The van der Waals surface area contributed by atoms with Crippen LogP contribution in [0.1, 0.15) is 35.5 Å². The maximum absolute atomic E-state index is 13.2. The molecule has 2 aromatic carbocycles. The van der Waals surface area contributed by atoms with Crippen LogP contribution in [0.15, 0.2) is 66.9 Å². The molecule has 0 atom stereocenters. The smallest absolute Gasteiger partial charge is 0.265 e. The molecule has 194 valence electrons. The second-order valence-corrected chi connectivity index (χ2v) is 9.15. The topological polar surface area (TPSA) is 96.3 Å². The van der Waals surface area contributed by atoms with E-state index in [1.165, 1.54) is 4.90 Å². The Balaban J connectivity index is 1.37. The van der Waals surface area contributed by atoms with E-state index in [4.69, 9.17) is 4.74 Å². The summed E-state index contributed by atoms with van der Waals surface area (Å²) in [5, 5.41) is 2.95. The lowest BCUT2D eigenvalue weighted by Gasteiger charge is -2.19. The molecule has 0 aliphatic carbocycles. The van der Waals surface area contributed by atoms with Crippen LogP contribution in [0.4, 0.5) is 17.2 Å². The van der Waals surface area contributed by atoms with E-state index in [2.05, 4.69) is 10.3 Å². The van der Waals surface area contributed by atoms with Gasteiger partial charge in [-0.3, -0.25) is 23.7 Å². The molecule has 4 aromatic rings. The molecule has 0 saturated carbocycles. The summed E-state index contributed by atoms with van der Waals surface area (Å²) in [4.78, 5) is 45.9. The molecule has 0 spiro atoms. The van der Waals surface area contributed by atoms with Gasteiger partial charge in [0.25, 0.3) is 11.8 Å². The lowest BCUT2D eigenvalue weighted by atomic mass is 10.1. The molecule has 0 unspecified atom stereocenters. The Morgan fingerprint density at radius 3 is 2.61 bits per heavy atom. The zero-order chi connectivity index (χ0) is 26.8. The number of carbonyl (C=O) groups is 3. The molecule has 1 aliphatic heterocycles. The van der Waals surface area contributed by atoms with Crippen LogP contribution in [0.2, 0.25) is 0 Å². The molecule has 0 fully saturated rings. The molecule has 1 N–H and O–H groups in total. The predicted molar refractivity (Wildman–Crippen MR) is 146 cm³/mol. The Morgan fingerprint density at radius 1 is 1.08 bits per heavy atom. The van der Waals surface area contributed by atoms with E-state index < -0.39 is 0 Å². The summed E-state index contributed by atoms with van der Waals surface area (Å²) in [6.07, 6.45) is 3.05. The van der Waals surface area contributed by atoms with Gasteiger partial charge >= 0.3 is 0 Å². The van der Waals surface area contributed by atoms with Gasteiger partial charge in [0.05, 0.1) is 11.3 Å². The van der Waals surface area contributed by atoms with Gasteiger partial charge in [-0.25, -0.2) is 4.98 Å². The molecular weight excluding hydrogens is 482 g/mol. The number of nitrogens with zero attached hydrogens (tertiary/aromatic N) is 4. The van der Waals surface area contributed by atoms with Crippen molar-refractivity contribution >= 4 is 40.6 Å². The van der Waals surface area contributed by atoms with Crippen LogP contribution in [0.3, 0.4) is 0 Å². The number of benzene rings is 2. The van der Waals surface area contributed by atoms with Gasteiger partial charge < -0.3 is 15.0 Å². The number of pyridine rings is 1. The first-order valence-electron chi connectivity index (χ1n) is 12.5. The summed E-state index contributed by atoms with van der Waals surface area (Å²) in [7, 11) is 1.68. The number of imidazole rings is 1. The van der Waals surface area contributed by atoms with Crippen LogP contribution in [-0.4, -0.2) is 47.3 Å². The number of rotatable bonds is 7. The summed E-state index contributed by atoms with van der Waals surface area (Å²) in [6.45, 7) is 4.04. The van der Waals surface area contributed by atoms with E-state index >= 15 is 0 Å². The van der Waals surface area contributed by atoms with Crippen molar-refractivity contribution in [1.82, 2.24) is 9.38 Å². The fourth-order valence-corrected chi connectivity index (χ4v) is 4.69. The van der Waals surface area contributed by atoms with Crippen LogP contribution in [0.25, 0.3) is 5.65 Å². The number of aromatic nitrogens is 2. The highest BCUT2D eigenvalue weighted by molar-refractivity contribution is 6.05. The Morgan fingerprint density at radius 2 is 1.87 bits per heavy atom. The summed E-state index contributed by atoms with van der Waals surface area (Å²) < 4.78 is 7.41. The number of hydrogen-bond donors (Lipinski definition) is 1. The highest BCUT2D eigenvalue weighted by Crippen LogP contribution is 2.31. The normalized spacial score (nSPS) is 12.3.